The van der Waals surface area contributed by atoms with Crippen molar-refractivity contribution in [2.75, 3.05) is 55.7 Å². The Morgan fingerprint density at radius 2 is 1.82 bits per heavy atom. The highest BCUT2D eigenvalue weighted by atomic mass is 16.5. The molecule has 2 saturated heterocycles. The van der Waals surface area contributed by atoms with Crippen LogP contribution in [0, 0.1) is 6.92 Å². The standard InChI is InChI=1S/C31H36N6O3/c1-3-29(38)36-14-12-35(13-15-36)28-16-24(31(39)34-26-19-40-18-23(26)32)33-25-17-37(11-10-22(25)28)27-9-5-8-21-7-4-6-20(2)30(21)27/h3-9,16,23,26H,1,10-15,17-19,32H2,2H3,(H,34,39)/t23-,26-/m1/s1. The van der Waals surface area contributed by atoms with Gasteiger partial charge in [-0.3, -0.25) is 9.59 Å². The number of nitrogens with zero attached hydrogens (tertiary/aromatic N) is 4. The lowest BCUT2D eigenvalue weighted by Crippen LogP contribution is -2.49. The van der Waals surface area contributed by atoms with E-state index in [2.05, 4.69) is 65.0 Å². The molecule has 2 amide bonds. The molecular weight excluding hydrogens is 504 g/mol. The van der Waals surface area contributed by atoms with Gasteiger partial charge in [0, 0.05) is 55.0 Å². The molecule has 40 heavy (non-hydrogen) atoms. The highest BCUT2D eigenvalue weighted by molar-refractivity contribution is 5.97. The fourth-order valence-electron chi connectivity index (χ4n) is 6.15. The summed E-state index contributed by atoms with van der Waals surface area (Å²) in [5, 5.41) is 5.50. The average molecular weight is 541 g/mol. The van der Waals surface area contributed by atoms with Gasteiger partial charge in [0.25, 0.3) is 5.91 Å². The van der Waals surface area contributed by atoms with Crippen LogP contribution in [0.15, 0.2) is 55.1 Å². The number of benzene rings is 2. The molecule has 0 saturated carbocycles. The van der Waals surface area contributed by atoms with E-state index in [9.17, 15) is 9.59 Å². The van der Waals surface area contributed by atoms with E-state index in [-0.39, 0.29) is 23.9 Å². The zero-order valence-corrected chi connectivity index (χ0v) is 22.9. The lowest BCUT2D eigenvalue weighted by Gasteiger charge is -2.39. The SMILES string of the molecule is C=CC(=O)N1CCN(c2cc(C(=O)N[C@@H]3COC[C@H]3N)nc3c2CCN(c2cccc4cccc(C)c24)C3)CC1. The van der Waals surface area contributed by atoms with E-state index >= 15 is 0 Å². The molecule has 2 fully saturated rings. The Hall–Kier alpha value is -3.95. The van der Waals surface area contributed by atoms with Gasteiger partial charge in [0.05, 0.1) is 37.5 Å². The molecule has 3 aliphatic heterocycles. The second-order valence-corrected chi connectivity index (χ2v) is 10.9. The molecule has 9 heteroatoms. The number of rotatable bonds is 5. The highest BCUT2D eigenvalue weighted by Gasteiger charge is 2.31. The third kappa shape index (κ3) is 4.91. The number of pyridine rings is 1. The van der Waals surface area contributed by atoms with Crippen molar-refractivity contribution in [2.24, 2.45) is 5.73 Å². The first kappa shape index (κ1) is 26.3. The van der Waals surface area contributed by atoms with Crippen LogP contribution in [0.2, 0.25) is 0 Å². The molecule has 2 aromatic carbocycles. The monoisotopic (exact) mass is 540 g/mol. The molecule has 4 heterocycles. The number of hydrogen-bond acceptors (Lipinski definition) is 7. The zero-order chi connectivity index (χ0) is 27.8. The Morgan fingerprint density at radius 1 is 1.05 bits per heavy atom. The quantitative estimate of drug-likeness (QED) is 0.479. The lowest BCUT2D eigenvalue weighted by molar-refractivity contribution is -0.126. The van der Waals surface area contributed by atoms with Gasteiger partial charge in [-0.2, -0.15) is 0 Å². The number of nitrogens with one attached hydrogen (secondary N) is 1. The Labute approximate surface area is 234 Å². The van der Waals surface area contributed by atoms with Crippen molar-refractivity contribution >= 4 is 34.0 Å². The first-order valence-corrected chi connectivity index (χ1v) is 14.0. The van der Waals surface area contributed by atoms with E-state index < -0.39 is 0 Å². The van der Waals surface area contributed by atoms with Gasteiger partial charge >= 0.3 is 0 Å². The summed E-state index contributed by atoms with van der Waals surface area (Å²) in [4.78, 5) is 37.0. The molecule has 0 unspecified atom stereocenters. The van der Waals surface area contributed by atoms with Crippen LogP contribution in [0.1, 0.15) is 27.3 Å². The minimum atomic E-state index is -0.242. The minimum Gasteiger partial charge on any atom is -0.378 e. The smallest absolute Gasteiger partial charge is 0.270 e. The predicted octanol–water partition coefficient (Wildman–Crippen LogP) is 2.40. The van der Waals surface area contributed by atoms with Crippen LogP contribution in [0.5, 0.6) is 0 Å². The number of amides is 2. The maximum atomic E-state index is 13.4. The number of fused-ring (bicyclic) bond motifs is 2. The fraction of sp³-hybridized carbons (Fsp3) is 0.387. The van der Waals surface area contributed by atoms with Gasteiger partial charge in [0.15, 0.2) is 0 Å². The van der Waals surface area contributed by atoms with E-state index in [1.54, 1.807) is 0 Å². The lowest BCUT2D eigenvalue weighted by atomic mass is 9.97. The van der Waals surface area contributed by atoms with Crippen LogP contribution in [0.4, 0.5) is 11.4 Å². The summed E-state index contributed by atoms with van der Waals surface area (Å²) < 4.78 is 5.45. The molecule has 1 aromatic heterocycles. The third-order valence-electron chi connectivity index (χ3n) is 8.37. The average Bonchev–Trinajstić information content (AvgIpc) is 3.39. The third-order valence-corrected chi connectivity index (χ3v) is 8.37. The Kier molecular flexibility index (Phi) is 7.16. The van der Waals surface area contributed by atoms with Gasteiger partial charge in [0.2, 0.25) is 5.91 Å². The number of hydrogen-bond donors (Lipinski definition) is 2. The molecule has 3 aliphatic rings. The van der Waals surface area contributed by atoms with Gasteiger partial charge < -0.3 is 30.5 Å². The summed E-state index contributed by atoms with van der Waals surface area (Å²) in [5.74, 6) is -0.291. The van der Waals surface area contributed by atoms with Crippen LogP contribution < -0.4 is 20.9 Å². The summed E-state index contributed by atoms with van der Waals surface area (Å²) in [7, 11) is 0. The second-order valence-electron chi connectivity index (χ2n) is 10.9. The van der Waals surface area contributed by atoms with Crippen molar-refractivity contribution in [1.29, 1.82) is 0 Å². The molecule has 3 aromatic rings. The number of nitrogens with two attached hydrogens (primary N) is 1. The second kappa shape index (κ2) is 10.9. The van der Waals surface area contributed by atoms with Crippen molar-refractivity contribution < 1.29 is 14.3 Å². The summed E-state index contributed by atoms with van der Waals surface area (Å²) in [5.41, 5.74) is 12.1. The number of piperazine rings is 1. The number of anilines is 2. The van der Waals surface area contributed by atoms with E-state index in [1.165, 1.54) is 33.7 Å². The number of ether oxygens (including phenoxy) is 1. The zero-order valence-electron chi connectivity index (χ0n) is 22.9. The number of aromatic nitrogens is 1. The normalized spacial score (nSPS) is 20.9. The van der Waals surface area contributed by atoms with Gasteiger partial charge in [-0.15, -0.1) is 0 Å². The van der Waals surface area contributed by atoms with E-state index in [0.717, 1.165) is 24.3 Å². The van der Waals surface area contributed by atoms with E-state index in [0.29, 0.717) is 51.6 Å². The number of carbonyl (C=O) groups excluding carboxylic acids is 2. The fourth-order valence-corrected chi connectivity index (χ4v) is 6.15. The van der Waals surface area contributed by atoms with Crippen LogP contribution in [-0.2, 0) is 22.5 Å². The number of aryl methyl sites for hydroxylation is 1. The molecular formula is C31H36N6O3. The van der Waals surface area contributed by atoms with Crippen molar-refractivity contribution in [3.63, 3.8) is 0 Å². The first-order chi connectivity index (χ1) is 19.4. The van der Waals surface area contributed by atoms with Crippen LogP contribution >= 0.6 is 0 Å². The van der Waals surface area contributed by atoms with Crippen LogP contribution in [0.3, 0.4) is 0 Å². The molecule has 6 rings (SSSR count). The molecule has 9 nitrogen and oxygen atoms in total. The molecule has 208 valence electrons. The molecule has 0 radical (unpaired) electrons. The number of carbonyl (C=O) groups is 2. The van der Waals surface area contributed by atoms with Crippen LogP contribution in [0.25, 0.3) is 10.8 Å². The summed E-state index contributed by atoms with van der Waals surface area (Å²) in [6.45, 7) is 10.7. The van der Waals surface area contributed by atoms with E-state index in [1.807, 2.05) is 11.0 Å². The molecule has 0 bridgehead atoms. The van der Waals surface area contributed by atoms with Gasteiger partial charge in [-0.1, -0.05) is 36.9 Å². The van der Waals surface area contributed by atoms with Crippen molar-refractivity contribution in [3.05, 3.63) is 77.6 Å². The van der Waals surface area contributed by atoms with Gasteiger partial charge in [0.1, 0.15) is 5.69 Å². The van der Waals surface area contributed by atoms with E-state index in [4.69, 9.17) is 15.5 Å². The van der Waals surface area contributed by atoms with Gasteiger partial charge in [-0.05, 0) is 42.5 Å². The Morgan fingerprint density at radius 3 is 2.55 bits per heavy atom. The maximum absolute atomic E-state index is 13.4. The molecule has 3 N–H and O–H groups in total. The van der Waals surface area contributed by atoms with Crippen molar-refractivity contribution in [1.82, 2.24) is 15.2 Å². The maximum Gasteiger partial charge on any atom is 0.270 e. The Bertz CT molecular complexity index is 1460. The topological polar surface area (TPSA) is 104 Å². The Balaban J connectivity index is 1.34. The van der Waals surface area contributed by atoms with Crippen molar-refractivity contribution in [2.45, 2.75) is 32.0 Å². The molecule has 0 aliphatic carbocycles. The van der Waals surface area contributed by atoms with Crippen LogP contribution in [-0.4, -0.2) is 79.7 Å². The summed E-state index contributed by atoms with van der Waals surface area (Å²) in [6, 6.07) is 14.3. The summed E-state index contributed by atoms with van der Waals surface area (Å²) >= 11 is 0. The van der Waals surface area contributed by atoms with Gasteiger partial charge in [-0.25, -0.2) is 4.98 Å². The minimum absolute atomic E-state index is 0.0485. The largest absolute Gasteiger partial charge is 0.378 e. The highest BCUT2D eigenvalue weighted by Crippen LogP contribution is 2.35. The molecule has 0 spiro atoms. The predicted molar refractivity (Wildman–Crippen MR) is 157 cm³/mol. The summed E-state index contributed by atoms with van der Waals surface area (Å²) in [6.07, 6.45) is 2.18. The molecule has 2 atom stereocenters. The first-order valence-electron chi connectivity index (χ1n) is 14.0. The van der Waals surface area contributed by atoms with Crippen molar-refractivity contribution in [3.8, 4) is 0 Å².